The van der Waals surface area contributed by atoms with Gasteiger partial charge in [0.15, 0.2) is 0 Å². The van der Waals surface area contributed by atoms with Crippen LogP contribution in [-0.2, 0) is 14.9 Å². The molecule has 0 amide bonds. The molecule has 1 aromatic rings. The average Bonchev–Trinajstić information content (AvgIpc) is 3.08. The third kappa shape index (κ3) is 1.51. The van der Waals surface area contributed by atoms with Gasteiger partial charge in [0, 0.05) is 36.5 Å². The maximum Gasteiger partial charge on any atom is 0.302 e. The van der Waals surface area contributed by atoms with E-state index in [1.54, 1.807) is 6.92 Å². The van der Waals surface area contributed by atoms with Crippen molar-refractivity contribution in [1.82, 2.24) is 4.90 Å². The summed E-state index contributed by atoms with van der Waals surface area (Å²) in [5.74, 6) is 0.887. The molecule has 5 heteroatoms. The van der Waals surface area contributed by atoms with Crippen molar-refractivity contribution in [3.8, 4) is 0 Å². The van der Waals surface area contributed by atoms with E-state index in [-0.39, 0.29) is 35.7 Å². The Labute approximate surface area is 153 Å². The first-order chi connectivity index (χ1) is 12.6. The predicted molar refractivity (Wildman–Crippen MR) is 96.5 cm³/mol. The van der Waals surface area contributed by atoms with Gasteiger partial charge in [0.25, 0.3) is 0 Å². The van der Waals surface area contributed by atoms with E-state index in [9.17, 15) is 9.90 Å². The summed E-state index contributed by atoms with van der Waals surface area (Å²) in [6.45, 7) is 3.72. The number of carbonyl (C=O) groups is 1. The lowest BCUT2D eigenvalue weighted by Crippen LogP contribution is -2.71. The quantitative estimate of drug-likeness (QED) is 0.797. The van der Waals surface area contributed by atoms with E-state index >= 15 is 0 Å². The number of hydrogen-bond donors (Lipinski definition) is 2. The van der Waals surface area contributed by atoms with Crippen LogP contribution in [0.25, 0.3) is 0 Å². The van der Waals surface area contributed by atoms with Gasteiger partial charge in [-0.05, 0) is 36.8 Å². The minimum Gasteiger partial charge on any atom is -0.461 e. The third-order valence-corrected chi connectivity index (χ3v) is 8.30. The Hall–Kier alpha value is -1.59. The zero-order valence-electron chi connectivity index (χ0n) is 15.3. The Morgan fingerprint density at radius 3 is 2.96 bits per heavy atom. The van der Waals surface area contributed by atoms with Crippen LogP contribution in [0.2, 0.25) is 0 Å². The fourth-order valence-corrected chi connectivity index (χ4v) is 7.73. The topological polar surface area (TPSA) is 61.8 Å². The molecule has 5 heterocycles. The number of nitrogens with one attached hydrogen (secondary N) is 1. The van der Waals surface area contributed by atoms with Crippen LogP contribution in [0.3, 0.4) is 0 Å². The highest BCUT2D eigenvalue weighted by Gasteiger charge is 2.76. The molecule has 1 spiro atoms. The molecule has 5 bridgehead atoms. The van der Waals surface area contributed by atoms with Crippen LogP contribution < -0.4 is 5.32 Å². The number of para-hydroxylation sites is 1. The minimum absolute atomic E-state index is 0.0901. The largest absolute Gasteiger partial charge is 0.461 e. The van der Waals surface area contributed by atoms with E-state index in [0.29, 0.717) is 23.9 Å². The number of rotatable bonds is 2. The molecule has 2 N–H and O–H groups in total. The summed E-state index contributed by atoms with van der Waals surface area (Å²) < 4.78 is 6.11. The summed E-state index contributed by atoms with van der Waals surface area (Å²) in [7, 11) is 0. The second-order valence-corrected chi connectivity index (χ2v) is 8.99. The van der Waals surface area contributed by atoms with Crippen LogP contribution in [0.1, 0.15) is 38.7 Å². The van der Waals surface area contributed by atoms with Crippen molar-refractivity contribution in [3.63, 3.8) is 0 Å². The van der Waals surface area contributed by atoms with Crippen molar-refractivity contribution in [2.75, 3.05) is 5.32 Å². The van der Waals surface area contributed by atoms with Crippen molar-refractivity contribution < 1.29 is 14.6 Å². The molecule has 3 unspecified atom stereocenters. The first kappa shape index (κ1) is 15.5. The SMILES string of the molecule is CC[C@H]1[C@@H]2C[C@H]3C4Nc5ccccc5[C@]45C[C@@H](C2[C@H]5OC(C)=O)N3[C@@H]1O. The molecule has 5 aliphatic heterocycles. The van der Waals surface area contributed by atoms with Crippen molar-refractivity contribution in [3.05, 3.63) is 29.8 Å². The number of fused-ring (bicyclic) bond motifs is 2. The molecule has 5 fully saturated rings. The van der Waals surface area contributed by atoms with E-state index in [1.165, 1.54) is 11.3 Å². The van der Waals surface area contributed by atoms with Crippen LogP contribution >= 0.6 is 0 Å². The zero-order chi connectivity index (χ0) is 17.8. The summed E-state index contributed by atoms with van der Waals surface area (Å²) in [6.07, 6.45) is 2.61. The van der Waals surface area contributed by atoms with E-state index in [4.69, 9.17) is 4.74 Å². The molecule has 0 aromatic heterocycles. The van der Waals surface area contributed by atoms with Crippen molar-refractivity contribution in [1.29, 1.82) is 0 Å². The maximum atomic E-state index is 12.1. The molecular formula is C21H26N2O3. The molecule has 4 saturated heterocycles. The Balaban J connectivity index is 1.57. The Bertz CT molecular complexity index is 797. The normalized spacial score (nSPS) is 51.7. The molecule has 1 aliphatic carbocycles. The first-order valence-corrected chi connectivity index (χ1v) is 10.1. The highest BCUT2D eigenvalue weighted by molar-refractivity contribution is 5.69. The zero-order valence-corrected chi connectivity index (χ0v) is 15.3. The van der Waals surface area contributed by atoms with Gasteiger partial charge in [0.05, 0.1) is 11.5 Å². The maximum absolute atomic E-state index is 12.1. The molecule has 5 nitrogen and oxygen atoms in total. The number of nitrogens with zero attached hydrogens (tertiary/aromatic N) is 1. The van der Waals surface area contributed by atoms with Gasteiger partial charge < -0.3 is 15.2 Å². The summed E-state index contributed by atoms with van der Waals surface area (Å²) >= 11 is 0. The van der Waals surface area contributed by atoms with Gasteiger partial charge in [-0.3, -0.25) is 9.69 Å². The van der Waals surface area contributed by atoms with Crippen LogP contribution in [-0.4, -0.2) is 46.4 Å². The van der Waals surface area contributed by atoms with Crippen LogP contribution in [0.4, 0.5) is 5.69 Å². The van der Waals surface area contributed by atoms with Gasteiger partial charge in [-0.2, -0.15) is 0 Å². The molecule has 26 heavy (non-hydrogen) atoms. The number of hydrogen-bond acceptors (Lipinski definition) is 5. The Kier molecular flexibility index (Phi) is 2.86. The third-order valence-electron chi connectivity index (χ3n) is 8.30. The number of piperidine rings is 4. The van der Waals surface area contributed by atoms with E-state index in [1.807, 2.05) is 0 Å². The lowest BCUT2D eigenvalue weighted by Gasteiger charge is -2.61. The number of esters is 1. The monoisotopic (exact) mass is 354 g/mol. The second-order valence-electron chi connectivity index (χ2n) is 8.99. The van der Waals surface area contributed by atoms with Crippen LogP contribution in [0.15, 0.2) is 24.3 Å². The summed E-state index contributed by atoms with van der Waals surface area (Å²) in [5, 5.41) is 14.9. The smallest absolute Gasteiger partial charge is 0.302 e. The number of benzene rings is 1. The Morgan fingerprint density at radius 2 is 2.19 bits per heavy atom. The summed E-state index contributed by atoms with van der Waals surface area (Å²) in [4.78, 5) is 14.5. The summed E-state index contributed by atoms with van der Waals surface area (Å²) in [6, 6.07) is 9.39. The standard InChI is InChI=1S/C21H26N2O3/c1-3-11-12-8-15-18-21(13-6-4-5-7-14(13)22-18)9-16(23(15)20(11)25)17(12)19(21)26-10(2)24/h4-7,11-12,15-20,22,25H,3,8-9H2,1-2H3/t11-,12-,15-,16-,17?,18?,19+,20+,21+/m0/s1. The van der Waals surface area contributed by atoms with Gasteiger partial charge >= 0.3 is 5.97 Å². The number of ether oxygens (including phenoxy) is 1. The van der Waals surface area contributed by atoms with Gasteiger partial charge in [-0.15, -0.1) is 0 Å². The first-order valence-electron chi connectivity index (χ1n) is 10.1. The fourth-order valence-electron chi connectivity index (χ4n) is 7.73. The van der Waals surface area contributed by atoms with E-state index in [0.717, 1.165) is 19.3 Å². The second kappa shape index (κ2) is 4.82. The number of anilines is 1. The Morgan fingerprint density at radius 1 is 1.38 bits per heavy atom. The minimum atomic E-state index is -0.357. The molecule has 6 aliphatic rings. The lowest BCUT2D eigenvalue weighted by molar-refractivity contribution is -0.211. The van der Waals surface area contributed by atoms with Crippen molar-refractivity contribution in [2.45, 2.75) is 69.0 Å². The van der Waals surface area contributed by atoms with E-state index in [2.05, 4.69) is 41.4 Å². The predicted octanol–water partition coefficient (Wildman–Crippen LogP) is 2.10. The number of carbonyl (C=O) groups excluding carboxylic acids is 1. The molecule has 1 saturated carbocycles. The van der Waals surface area contributed by atoms with E-state index < -0.39 is 0 Å². The number of aliphatic hydroxyl groups excluding tert-OH is 1. The molecule has 0 radical (unpaired) electrons. The van der Waals surface area contributed by atoms with Gasteiger partial charge in [-0.1, -0.05) is 25.1 Å². The number of aliphatic hydroxyl groups is 1. The fraction of sp³-hybridized carbons (Fsp3) is 0.667. The van der Waals surface area contributed by atoms with Crippen molar-refractivity contribution in [2.24, 2.45) is 17.8 Å². The van der Waals surface area contributed by atoms with Crippen molar-refractivity contribution >= 4 is 11.7 Å². The molecule has 138 valence electrons. The average molecular weight is 354 g/mol. The molecule has 10 atom stereocenters. The molecular weight excluding hydrogens is 328 g/mol. The lowest BCUT2D eigenvalue weighted by atomic mass is 9.63. The molecule has 7 rings (SSSR count). The van der Waals surface area contributed by atoms with Gasteiger partial charge in [-0.25, -0.2) is 0 Å². The van der Waals surface area contributed by atoms with Crippen LogP contribution in [0.5, 0.6) is 0 Å². The van der Waals surface area contributed by atoms with Gasteiger partial charge in [0.1, 0.15) is 12.3 Å². The van der Waals surface area contributed by atoms with Crippen LogP contribution in [0, 0.1) is 17.8 Å². The molecule has 1 aromatic carbocycles. The highest BCUT2D eigenvalue weighted by Crippen LogP contribution is 2.68. The highest BCUT2D eigenvalue weighted by atomic mass is 16.5. The summed E-state index contributed by atoms with van der Waals surface area (Å²) in [5.41, 5.74) is 2.36. The van der Waals surface area contributed by atoms with Gasteiger partial charge in [0.2, 0.25) is 0 Å².